The minimum Gasteiger partial charge on any atom is -0.495 e. The third kappa shape index (κ3) is 8.88. The monoisotopic (exact) mass is 660 g/mol. The van der Waals surface area contributed by atoms with Crippen molar-refractivity contribution in [3.05, 3.63) is 58.9 Å². The fourth-order valence-electron chi connectivity index (χ4n) is 4.48. The number of nitrogens with one attached hydrogen (secondary N) is 3. The highest BCUT2D eigenvalue weighted by molar-refractivity contribution is 6.41. The second-order valence-electron chi connectivity index (χ2n) is 9.64. The van der Waals surface area contributed by atoms with Crippen LogP contribution in [0.2, 0.25) is 10.0 Å². The molecule has 4 N–H and O–H groups in total. The number of hydrogen-bond donors (Lipinski definition) is 4. The van der Waals surface area contributed by atoms with E-state index in [0.717, 1.165) is 31.9 Å². The topological polar surface area (TPSA) is 143 Å². The molecule has 2 aromatic rings. The highest BCUT2D eigenvalue weighted by Crippen LogP contribution is 2.44. The van der Waals surface area contributed by atoms with Crippen molar-refractivity contribution in [1.82, 2.24) is 9.80 Å². The fraction of sp³-hybridized carbons (Fsp3) is 0.333. The predicted octanol–water partition coefficient (Wildman–Crippen LogP) is 4.40. The molecule has 1 aliphatic rings. The largest absolute Gasteiger partial charge is 0.495 e. The summed E-state index contributed by atoms with van der Waals surface area (Å²) in [6.45, 7) is 11.1. The van der Waals surface area contributed by atoms with Crippen molar-refractivity contribution >= 4 is 70.4 Å². The standard InChI is InChI=1S/C30H38Cl2N8O5/c1-7-26(42)36-21-16-19(40-12-10-39(11-13-40)14-15-41)8-9-20(21)35-24(33-2)18-25(34-3)38(4)30(43)37-29-27(31)22(44-5)17-23(45-6)28(29)32/h7-9,16-18,35,41H,1-2,10-15H2,3-6H3,(H,36,42)(H,37,43)/b24-18+,34-25?. The van der Waals surface area contributed by atoms with Gasteiger partial charge in [-0.1, -0.05) is 29.8 Å². The molecule has 0 radical (unpaired) electrons. The number of aliphatic hydroxyl groups excluding tert-OH is 1. The number of piperazine rings is 1. The number of β-amino-alcohol motifs (C(OH)–C–C–N with tert-alkyl or cyclic N) is 1. The maximum atomic E-state index is 13.3. The first-order valence-electron chi connectivity index (χ1n) is 13.8. The zero-order chi connectivity index (χ0) is 33.1. The molecule has 1 aliphatic heterocycles. The first-order valence-corrected chi connectivity index (χ1v) is 14.6. The van der Waals surface area contributed by atoms with Gasteiger partial charge in [0, 0.05) is 64.6 Å². The molecule has 0 spiro atoms. The average Bonchev–Trinajstić information content (AvgIpc) is 3.05. The summed E-state index contributed by atoms with van der Waals surface area (Å²) in [7, 11) is 5.87. The number of urea groups is 1. The van der Waals surface area contributed by atoms with Crippen molar-refractivity contribution in [2.45, 2.75) is 0 Å². The molecule has 13 nitrogen and oxygen atoms in total. The van der Waals surface area contributed by atoms with Crippen LogP contribution in [-0.4, -0.2) is 107 Å². The Morgan fingerprint density at radius 3 is 2.22 bits per heavy atom. The van der Waals surface area contributed by atoms with E-state index in [4.69, 9.17) is 32.7 Å². The van der Waals surface area contributed by atoms with E-state index >= 15 is 0 Å². The molecule has 3 amide bonds. The predicted molar refractivity (Wildman–Crippen MR) is 182 cm³/mol. The average molecular weight is 662 g/mol. The molecule has 1 heterocycles. The number of halogens is 2. The summed E-state index contributed by atoms with van der Waals surface area (Å²) in [6.07, 6.45) is 2.69. The van der Waals surface area contributed by atoms with Crippen molar-refractivity contribution in [3.63, 3.8) is 0 Å². The minimum atomic E-state index is -0.614. The fourth-order valence-corrected chi connectivity index (χ4v) is 5.07. The van der Waals surface area contributed by atoms with E-state index in [1.807, 2.05) is 18.2 Å². The summed E-state index contributed by atoms with van der Waals surface area (Å²) >= 11 is 12.8. The first kappa shape index (κ1) is 35.2. The molecule has 0 bridgehead atoms. The van der Waals surface area contributed by atoms with Crippen molar-refractivity contribution in [2.75, 3.05) is 88.5 Å². The second kappa shape index (κ2) is 16.7. The van der Waals surface area contributed by atoms with Crippen LogP contribution in [0.3, 0.4) is 0 Å². The molecule has 0 aliphatic carbocycles. The van der Waals surface area contributed by atoms with Gasteiger partial charge in [0.15, 0.2) is 0 Å². The SMILES string of the molecule is C=CC(=O)Nc1cc(N2CCN(CCO)CC2)ccc1N/C(=C/C(=NC)N(C)C(=O)Nc1c(Cl)c(OC)cc(OC)c1Cl)N=C. The Labute approximate surface area is 272 Å². The smallest absolute Gasteiger partial charge is 0.327 e. The van der Waals surface area contributed by atoms with Gasteiger partial charge in [-0.05, 0) is 31.0 Å². The molecule has 1 saturated heterocycles. The summed E-state index contributed by atoms with van der Waals surface area (Å²) < 4.78 is 10.5. The van der Waals surface area contributed by atoms with Gasteiger partial charge in [-0.15, -0.1) is 0 Å². The number of carbonyl (C=O) groups is 2. The number of amides is 3. The second-order valence-corrected chi connectivity index (χ2v) is 10.4. The molecule has 0 atom stereocenters. The molecule has 2 aromatic carbocycles. The Balaban J connectivity index is 1.85. The molecule has 45 heavy (non-hydrogen) atoms. The number of benzene rings is 2. The molecule has 1 fully saturated rings. The molecular formula is C30H38Cl2N8O5. The maximum Gasteiger partial charge on any atom is 0.327 e. The van der Waals surface area contributed by atoms with Crippen LogP contribution in [0.5, 0.6) is 11.5 Å². The van der Waals surface area contributed by atoms with Crippen LogP contribution >= 0.6 is 23.2 Å². The lowest BCUT2D eigenvalue weighted by Crippen LogP contribution is -2.47. The zero-order valence-electron chi connectivity index (χ0n) is 25.7. The van der Waals surface area contributed by atoms with Gasteiger partial charge in [0.05, 0.1) is 37.9 Å². The van der Waals surface area contributed by atoms with Crippen molar-refractivity contribution in [1.29, 1.82) is 0 Å². The number of anilines is 4. The molecule has 0 saturated carbocycles. The third-order valence-corrected chi connectivity index (χ3v) is 7.73. The molecular weight excluding hydrogens is 623 g/mol. The van der Waals surface area contributed by atoms with Crippen LogP contribution in [0.25, 0.3) is 0 Å². The number of carbonyl (C=O) groups excluding carboxylic acids is 2. The molecule has 3 rings (SSSR count). The van der Waals surface area contributed by atoms with E-state index in [1.165, 1.54) is 51.4 Å². The number of amidine groups is 1. The van der Waals surface area contributed by atoms with Crippen molar-refractivity contribution in [3.8, 4) is 11.5 Å². The van der Waals surface area contributed by atoms with E-state index in [2.05, 4.69) is 49.0 Å². The van der Waals surface area contributed by atoms with E-state index in [0.29, 0.717) is 17.9 Å². The van der Waals surface area contributed by atoms with Crippen LogP contribution in [0, 0.1) is 0 Å². The van der Waals surface area contributed by atoms with Crippen molar-refractivity contribution in [2.24, 2.45) is 9.98 Å². The summed E-state index contributed by atoms with van der Waals surface area (Å²) in [5.41, 5.74) is 2.03. The Bertz CT molecular complexity index is 1450. The highest BCUT2D eigenvalue weighted by Gasteiger charge is 2.23. The molecule has 242 valence electrons. The normalized spacial score (nSPS) is 14.0. The van der Waals surface area contributed by atoms with E-state index in [1.54, 1.807) is 0 Å². The lowest BCUT2D eigenvalue weighted by Gasteiger charge is -2.36. The van der Waals surface area contributed by atoms with Gasteiger partial charge in [0.1, 0.15) is 33.2 Å². The van der Waals surface area contributed by atoms with Gasteiger partial charge < -0.3 is 35.4 Å². The number of aliphatic hydroxyl groups is 1. The number of nitrogens with zero attached hydrogens (tertiary/aromatic N) is 5. The molecule has 15 heteroatoms. The summed E-state index contributed by atoms with van der Waals surface area (Å²) in [6, 6.07) is 6.50. The van der Waals surface area contributed by atoms with Crippen LogP contribution in [-0.2, 0) is 4.79 Å². The van der Waals surface area contributed by atoms with Gasteiger partial charge >= 0.3 is 6.03 Å². The van der Waals surface area contributed by atoms with Gasteiger partial charge in [-0.2, -0.15) is 0 Å². The number of likely N-dealkylation sites (N-methyl/N-ethyl adjacent to an activating group) is 1. The van der Waals surface area contributed by atoms with Gasteiger partial charge in [0.2, 0.25) is 5.91 Å². The van der Waals surface area contributed by atoms with Crippen LogP contribution in [0.4, 0.5) is 27.5 Å². The molecule has 0 aromatic heterocycles. The number of ether oxygens (including phenoxy) is 2. The van der Waals surface area contributed by atoms with Crippen molar-refractivity contribution < 1.29 is 24.2 Å². The Morgan fingerprint density at radius 1 is 1.04 bits per heavy atom. The van der Waals surface area contributed by atoms with E-state index in [-0.39, 0.29) is 45.5 Å². The molecule has 0 unspecified atom stereocenters. The minimum absolute atomic E-state index is 0.0929. The Kier molecular flexibility index (Phi) is 13.0. The van der Waals surface area contributed by atoms with Crippen LogP contribution < -0.4 is 30.3 Å². The lowest BCUT2D eigenvalue weighted by molar-refractivity contribution is -0.111. The van der Waals surface area contributed by atoms with E-state index in [9.17, 15) is 14.7 Å². The third-order valence-electron chi connectivity index (χ3n) is 6.98. The zero-order valence-corrected chi connectivity index (χ0v) is 27.2. The van der Waals surface area contributed by atoms with Crippen LogP contribution in [0.15, 0.2) is 58.8 Å². The summed E-state index contributed by atoms with van der Waals surface area (Å²) in [5, 5.41) is 18.1. The highest BCUT2D eigenvalue weighted by atomic mass is 35.5. The van der Waals surface area contributed by atoms with Gasteiger partial charge in [-0.25, -0.2) is 9.79 Å². The Morgan fingerprint density at radius 2 is 1.69 bits per heavy atom. The maximum absolute atomic E-state index is 13.3. The number of methoxy groups -OCH3 is 2. The van der Waals surface area contributed by atoms with E-state index < -0.39 is 11.9 Å². The van der Waals surface area contributed by atoms with Crippen LogP contribution in [0.1, 0.15) is 0 Å². The van der Waals surface area contributed by atoms with Gasteiger partial charge in [0.25, 0.3) is 0 Å². The first-order chi connectivity index (χ1) is 21.6. The van der Waals surface area contributed by atoms with Gasteiger partial charge in [-0.3, -0.25) is 19.6 Å². The number of hydrogen-bond acceptors (Lipinski definition) is 10. The Hall–Kier alpha value is -4.30. The summed E-state index contributed by atoms with van der Waals surface area (Å²) in [5.74, 6) is 0.583. The summed E-state index contributed by atoms with van der Waals surface area (Å²) in [4.78, 5) is 39.5. The quantitative estimate of drug-likeness (QED) is 0.149. The number of rotatable bonds is 12. The lowest BCUT2D eigenvalue weighted by atomic mass is 10.2. The number of aliphatic imine (C=N–C) groups is 2.